The van der Waals surface area contributed by atoms with Crippen LogP contribution in [0.15, 0.2) is 60.2 Å². The summed E-state index contributed by atoms with van der Waals surface area (Å²) in [6, 6.07) is 10.1. The summed E-state index contributed by atoms with van der Waals surface area (Å²) >= 11 is 0. The molecule has 2 saturated carbocycles. The van der Waals surface area contributed by atoms with Crippen molar-refractivity contribution >= 4 is 17.6 Å². The Morgan fingerprint density at radius 3 is 2.59 bits per heavy atom. The van der Waals surface area contributed by atoms with E-state index in [4.69, 9.17) is 0 Å². The van der Waals surface area contributed by atoms with E-state index in [1.165, 1.54) is 6.42 Å². The van der Waals surface area contributed by atoms with Crippen LogP contribution in [0.25, 0.3) is 6.08 Å². The Labute approximate surface area is 162 Å². The number of fused-ring (bicyclic) bond motifs is 3. The van der Waals surface area contributed by atoms with E-state index < -0.39 is 5.41 Å². The number of carbonyl (C=O) groups is 1. The van der Waals surface area contributed by atoms with Crippen molar-refractivity contribution in [2.45, 2.75) is 46.5 Å². The average Bonchev–Trinajstić information content (AvgIpc) is 2.64. The molecule has 0 aliphatic heterocycles. The predicted octanol–water partition coefficient (Wildman–Crippen LogP) is 5.53. The van der Waals surface area contributed by atoms with E-state index in [1.807, 2.05) is 24.3 Å². The first-order chi connectivity index (χ1) is 12.8. The molecule has 4 rings (SSSR count). The molecule has 1 aromatic carbocycles. The average molecular weight is 362 g/mol. The zero-order valence-electron chi connectivity index (χ0n) is 16.5. The van der Waals surface area contributed by atoms with Gasteiger partial charge in [-0.1, -0.05) is 75.8 Å². The molecule has 0 aromatic heterocycles. The normalized spacial score (nSPS) is 34.9. The van der Waals surface area contributed by atoms with Crippen molar-refractivity contribution in [3.05, 3.63) is 65.8 Å². The third-order valence-electron chi connectivity index (χ3n) is 7.30. The minimum absolute atomic E-state index is 0.0341. The zero-order valence-corrected chi connectivity index (χ0v) is 16.5. The van der Waals surface area contributed by atoms with Gasteiger partial charge in [0.1, 0.15) is 5.41 Å². The fourth-order valence-corrected chi connectivity index (χ4v) is 5.84. The van der Waals surface area contributed by atoms with Crippen LogP contribution in [0, 0.1) is 22.2 Å². The lowest BCUT2D eigenvalue weighted by molar-refractivity contribution is -0.110. The minimum atomic E-state index is -0.664. The molecule has 27 heavy (non-hydrogen) atoms. The van der Waals surface area contributed by atoms with Crippen molar-refractivity contribution in [1.82, 2.24) is 0 Å². The molecular formula is C25H29O2+. The number of benzene rings is 1. The second kappa shape index (κ2) is 6.15. The largest absolute Gasteiger partial charge is 0.311 e. The van der Waals surface area contributed by atoms with Gasteiger partial charge in [0.25, 0.3) is 0 Å². The second-order valence-electron chi connectivity index (χ2n) is 9.37. The fourth-order valence-electron chi connectivity index (χ4n) is 5.84. The maximum Gasteiger partial charge on any atom is 0.311 e. The van der Waals surface area contributed by atoms with Crippen LogP contribution in [0.2, 0.25) is 0 Å². The maximum atomic E-state index is 12.3. The number of allylic oxidation sites excluding steroid dienone is 5. The smallest absolute Gasteiger partial charge is 0.290 e. The number of hydrogen-bond donors (Lipinski definition) is 0. The van der Waals surface area contributed by atoms with Crippen molar-refractivity contribution in [1.29, 1.82) is 0 Å². The summed E-state index contributed by atoms with van der Waals surface area (Å²) < 4.78 is 0. The van der Waals surface area contributed by atoms with Gasteiger partial charge in [-0.15, -0.1) is 0 Å². The molecule has 2 heteroatoms. The molecule has 0 radical (unpaired) electrons. The zero-order chi connectivity index (χ0) is 19.3. The molecule has 0 unspecified atom stereocenters. The Balaban J connectivity index is 1.84. The summed E-state index contributed by atoms with van der Waals surface area (Å²) in [7, 11) is 0. The molecule has 0 amide bonds. The first-order valence-electron chi connectivity index (χ1n) is 10.0. The Morgan fingerprint density at radius 1 is 1.11 bits per heavy atom. The van der Waals surface area contributed by atoms with E-state index in [9.17, 15) is 9.59 Å². The Hall–Kier alpha value is -2.22. The van der Waals surface area contributed by atoms with Gasteiger partial charge >= 0.3 is 5.78 Å². The fraction of sp³-hybridized carbons (Fsp3) is 0.440. The maximum absolute atomic E-state index is 12.3. The number of carbonyl (C=O) groups excluding carboxylic acids is 2. The highest BCUT2D eigenvalue weighted by Gasteiger charge is 2.62. The van der Waals surface area contributed by atoms with Crippen LogP contribution >= 0.6 is 0 Å². The summed E-state index contributed by atoms with van der Waals surface area (Å²) in [5, 5.41) is 0. The third kappa shape index (κ3) is 2.77. The Morgan fingerprint density at radius 2 is 1.85 bits per heavy atom. The summed E-state index contributed by atoms with van der Waals surface area (Å²) in [5.41, 5.74) is 1.59. The van der Waals surface area contributed by atoms with Gasteiger partial charge in [-0.2, -0.15) is 0 Å². The van der Waals surface area contributed by atoms with Gasteiger partial charge in [0.2, 0.25) is 0 Å². The van der Waals surface area contributed by atoms with Gasteiger partial charge < -0.3 is 0 Å². The quantitative estimate of drug-likeness (QED) is 0.638. The summed E-state index contributed by atoms with van der Waals surface area (Å²) in [5.74, 6) is 0.858. The monoisotopic (exact) mass is 361 g/mol. The Bertz CT molecular complexity index is 871. The molecule has 3 aliphatic rings. The molecule has 3 atom stereocenters. The number of ketones is 2. The highest BCUT2D eigenvalue weighted by atomic mass is 16.1. The first-order valence-corrected chi connectivity index (χ1v) is 10.0. The van der Waals surface area contributed by atoms with E-state index in [-0.39, 0.29) is 16.6 Å². The lowest BCUT2D eigenvalue weighted by Crippen LogP contribution is -2.54. The van der Waals surface area contributed by atoms with Crippen LogP contribution in [0.3, 0.4) is 0 Å². The summed E-state index contributed by atoms with van der Waals surface area (Å²) in [6.07, 6.45) is 13.6. The van der Waals surface area contributed by atoms with E-state index in [0.29, 0.717) is 18.1 Å². The highest BCUT2D eigenvalue weighted by Crippen LogP contribution is 2.64. The van der Waals surface area contributed by atoms with Crippen LogP contribution in [0.4, 0.5) is 0 Å². The molecule has 1 N–H and O–H groups in total. The van der Waals surface area contributed by atoms with Crippen molar-refractivity contribution in [3.63, 3.8) is 0 Å². The van der Waals surface area contributed by atoms with Crippen molar-refractivity contribution in [3.8, 4) is 0 Å². The van der Waals surface area contributed by atoms with Gasteiger partial charge in [0.15, 0.2) is 5.78 Å². The lowest BCUT2D eigenvalue weighted by Gasteiger charge is -2.57. The lowest BCUT2D eigenvalue weighted by atomic mass is 9.44. The minimum Gasteiger partial charge on any atom is -0.290 e. The molecule has 2 nitrogen and oxygen atoms in total. The van der Waals surface area contributed by atoms with Gasteiger partial charge in [-0.3, -0.25) is 9.59 Å². The van der Waals surface area contributed by atoms with Crippen molar-refractivity contribution in [2.75, 3.05) is 0 Å². The van der Waals surface area contributed by atoms with E-state index in [1.54, 1.807) is 12.2 Å². The van der Waals surface area contributed by atoms with E-state index in [2.05, 4.69) is 45.1 Å². The van der Waals surface area contributed by atoms with Crippen molar-refractivity contribution < 1.29 is 9.59 Å². The number of rotatable bonds is 2. The molecule has 2 fully saturated rings. The Kier molecular flexibility index (Phi) is 4.14. The van der Waals surface area contributed by atoms with Crippen molar-refractivity contribution in [2.24, 2.45) is 22.2 Å². The van der Waals surface area contributed by atoms with Gasteiger partial charge in [0.05, 0.1) is 6.42 Å². The molecular weight excluding hydrogens is 332 g/mol. The van der Waals surface area contributed by atoms with E-state index >= 15 is 0 Å². The van der Waals surface area contributed by atoms with E-state index in [0.717, 1.165) is 24.0 Å². The van der Waals surface area contributed by atoms with Gasteiger partial charge in [-0.05, 0) is 52.9 Å². The van der Waals surface area contributed by atoms with Gasteiger partial charge in [-0.25, -0.2) is 0 Å². The molecule has 3 aliphatic carbocycles. The molecule has 0 bridgehead atoms. The third-order valence-corrected chi connectivity index (χ3v) is 7.30. The molecule has 1 aromatic rings. The standard InChI is InChI=1S/C25H28O2/c1-23(2)12-7-13-24(3)20(23)17-22(27)25(15-11-19(26)16-21(24)25)14-10-18-8-5-4-6-9-18/h4-6,8-11,14-16,20H,7,12-13,17H2,1-3H3/p+1/b14-10+/t20-,24-,25+/m1/s1. The molecule has 0 spiro atoms. The van der Waals surface area contributed by atoms with Gasteiger partial charge in [0, 0.05) is 0 Å². The second-order valence-corrected chi connectivity index (χ2v) is 9.37. The van der Waals surface area contributed by atoms with Crippen LogP contribution in [0.5, 0.6) is 0 Å². The molecule has 0 heterocycles. The van der Waals surface area contributed by atoms with Crippen LogP contribution < -0.4 is 0 Å². The number of hydrogen-bond acceptors (Lipinski definition) is 1. The van der Waals surface area contributed by atoms with Crippen LogP contribution in [-0.4, -0.2) is 16.4 Å². The van der Waals surface area contributed by atoms with Crippen LogP contribution in [0.1, 0.15) is 52.0 Å². The SMILES string of the molecule is CC1(C)CCC[C@@]2(C)C3=CC(=O)C=C[C@]3(/C=C/c3ccccc3)C(=[OH+])C[C@H]12. The topological polar surface area (TPSA) is 38.5 Å². The highest BCUT2D eigenvalue weighted by molar-refractivity contribution is 6.07. The molecule has 140 valence electrons. The van der Waals surface area contributed by atoms with Crippen LogP contribution in [-0.2, 0) is 4.79 Å². The first kappa shape index (κ1) is 18.2. The molecule has 0 saturated heterocycles. The summed E-state index contributed by atoms with van der Waals surface area (Å²) in [4.78, 5) is 23.6. The predicted molar refractivity (Wildman–Crippen MR) is 111 cm³/mol. The summed E-state index contributed by atoms with van der Waals surface area (Å²) in [6.45, 7) is 6.95.